The lowest BCUT2D eigenvalue weighted by Crippen LogP contribution is -2.30. The Morgan fingerprint density at radius 2 is 0.505 bits per heavy atom. The maximum atomic E-state index is 13.0. The van der Waals surface area contributed by atoms with Gasteiger partial charge in [0.25, 0.3) is 0 Å². The van der Waals surface area contributed by atoms with E-state index in [1.165, 1.54) is 186 Å². The highest BCUT2D eigenvalue weighted by molar-refractivity contribution is 7.47. The van der Waals surface area contributed by atoms with Crippen LogP contribution in [-0.4, -0.2) is 96.7 Å². The quantitative estimate of drug-likeness (QED) is 0.0222. The van der Waals surface area contributed by atoms with Crippen molar-refractivity contribution in [1.82, 2.24) is 0 Å². The van der Waals surface area contributed by atoms with Crippen LogP contribution in [0.15, 0.2) is 0 Å². The van der Waals surface area contributed by atoms with Gasteiger partial charge in [0.1, 0.15) is 19.3 Å². The molecule has 0 rings (SSSR count). The zero-order chi connectivity index (χ0) is 67.0. The van der Waals surface area contributed by atoms with Gasteiger partial charge in [-0.25, -0.2) is 9.13 Å². The topological polar surface area (TPSA) is 237 Å². The third-order valence-corrected chi connectivity index (χ3v) is 18.7. The summed E-state index contributed by atoms with van der Waals surface area (Å²) < 4.78 is 68.2. The Bertz CT molecular complexity index is 1750. The molecule has 0 aliphatic heterocycles. The number of hydrogen-bond acceptors (Lipinski definition) is 15. The highest BCUT2D eigenvalue weighted by Gasteiger charge is 2.30. The number of hydrogen-bond donors (Lipinski definition) is 3. The van der Waals surface area contributed by atoms with Gasteiger partial charge in [0.15, 0.2) is 12.2 Å². The first-order valence-electron chi connectivity index (χ1n) is 37.6. The number of aliphatic hydroxyl groups excluding tert-OH is 1. The molecule has 0 aliphatic rings. The fraction of sp³-hybridized carbons (Fsp3) is 0.944. The van der Waals surface area contributed by atoms with E-state index in [4.69, 9.17) is 37.0 Å². The number of aliphatic hydroxyl groups is 1. The highest BCUT2D eigenvalue weighted by atomic mass is 31.2. The third kappa shape index (κ3) is 66.5. The molecular weight excluding hydrogens is 1200 g/mol. The molecule has 0 fully saturated rings. The third-order valence-electron chi connectivity index (χ3n) is 16.8. The van der Waals surface area contributed by atoms with E-state index in [-0.39, 0.29) is 25.7 Å². The molecule has 0 heterocycles. The molecule has 540 valence electrons. The Morgan fingerprint density at radius 1 is 0.297 bits per heavy atom. The van der Waals surface area contributed by atoms with Gasteiger partial charge in [-0.05, 0) is 31.6 Å². The van der Waals surface area contributed by atoms with Crippen molar-refractivity contribution >= 4 is 39.5 Å². The molecule has 0 amide bonds. The Hall–Kier alpha value is -1.94. The molecule has 0 aromatic carbocycles. The van der Waals surface area contributed by atoms with Crippen LogP contribution in [0, 0.1) is 5.92 Å². The molecule has 0 saturated heterocycles. The molecule has 5 atom stereocenters. The molecule has 0 radical (unpaired) electrons. The summed E-state index contributed by atoms with van der Waals surface area (Å²) in [5.41, 5.74) is 0. The van der Waals surface area contributed by atoms with Crippen molar-refractivity contribution in [2.45, 2.75) is 393 Å². The fourth-order valence-electron chi connectivity index (χ4n) is 11.0. The molecule has 91 heavy (non-hydrogen) atoms. The molecule has 0 spiro atoms. The Balaban J connectivity index is 5.12. The van der Waals surface area contributed by atoms with Gasteiger partial charge in [-0.1, -0.05) is 324 Å². The first-order chi connectivity index (χ1) is 44.0. The van der Waals surface area contributed by atoms with Gasteiger partial charge in [-0.15, -0.1) is 0 Å². The molecule has 0 bridgehead atoms. The molecule has 0 aliphatic carbocycles. The second kappa shape index (κ2) is 65.4. The number of rotatable bonds is 72. The van der Waals surface area contributed by atoms with Crippen molar-refractivity contribution in [3.05, 3.63) is 0 Å². The Labute approximate surface area is 556 Å². The van der Waals surface area contributed by atoms with Crippen LogP contribution in [0.5, 0.6) is 0 Å². The van der Waals surface area contributed by atoms with Crippen LogP contribution >= 0.6 is 15.6 Å². The predicted molar refractivity (Wildman–Crippen MR) is 368 cm³/mol. The molecule has 0 saturated carbocycles. The van der Waals surface area contributed by atoms with Gasteiger partial charge in [-0.2, -0.15) is 0 Å². The maximum absolute atomic E-state index is 13.0. The number of phosphoric acid groups is 2. The lowest BCUT2D eigenvalue weighted by molar-refractivity contribution is -0.161. The first kappa shape index (κ1) is 89.1. The van der Waals surface area contributed by atoms with E-state index in [2.05, 4.69) is 34.6 Å². The molecule has 3 N–H and O–H groups in total. The standard InChI is InChI=1S/C72H140O17P2/c1-6-9-12-15-18-20-22-23-24-25-26-27-28-29-30-31-32-33-37-43-48-53-58-72(77)89-68(62-83-70(75)56-51-46-41-38-34-35-40-44-49-54-65(4)5)64-87-91(80,81)85-60-66(73)59-84-90(78,79)86-63-67(61-82-69(74)55-50-45-39-17-14-11-8-3)88-71(76)57-52-47-42-36-21-19-16-13-10-7-2/h65-68,73H,6-64H2,1-5H3,(H,78,79)(H,80,81)/t66-,67+,68+/m0/s1. The van der Waals surface area contributed by atoms with E-state index >= 15 is 0 Å². The van der Waals surface area contributed by atoms with Crippen molar-refractivity contribution in [2.75, 3.05) is 39.6 Å². The van der Waals surface area contributed by atoms with Crippen molar-refractivity contribution in [3.63, 3.8) is 0 Å². The Kier molecular flexibility index (Phi) is 64.0. The van der Waals surface area contributed by atoms with E-state index < -0.39 is 97.5 Å². The second-order valence-electron chi connectivity index (χ2n) is 26.5. The number of carbonyl (C=O) groups is 4. The number of esters is 4. The summed E-state index contributed by atoms with van der Waals surface area (Å²) in [5, 5.41) is 10.6. The van der Waals surface area contributed by atoms with E-state index in [0.717, 1.165) is 109 Å². The summed E-state index contributed by atoms with van der Waals surface area (Å²) in [7, 11) is -9.89. The van der Waals surface area contributed by atoms with Crippen LogP contribution in [0.3, 0.4) is 0 Å². The molecule has 19 heteroatoms. The molecular formula is C72H140O17P2. The largest absolute Gasteiger partial charge is 0.472 e. The summed E-state index contributed by atoms with van der Waals surface area (Å²) in [5.74, 6) is -1.38. The lowest BCUT2D eigenvalue weighted by atomic mass is 10.0. The van der Waals surface area contributed by atoms with E-state index in [0.29, 0.717) is 25.7 Å². The Morgan fingerprint density at radius 3 is 0.747 bits per heavy atom. The average molecular weight is 1340 g/mol. The number of ether oxygens (including phenoxy) is 4. The van der Waals surface area contributed by atoms with Crippen LogP contribution in [-0.2, 0) is 65.4 Å². The molecule has 0 aromatic rings. The average Bonchev–Trinajstić information content (AvgIpc) is 3.73. The van der Waals surface area contributed by atoms with Gasteiger partial charge in [0, 0.05) is 25.7 Å². The lowest BCUT2D eigenvalue weighted by Gasteiger charge is -2.21. The normalized spacial score (nSPS) is 14.0. The van der Waals surface area contributed by atoms with Gasteiger partial charge in [0.2, 0.25) is 0 Å². The van der Waals surface area contributed by atoms with E-state index in [1.54, 1.807) is 0 Å². The van der Waals surface area contributed by atoms with Gasteiger partial charge < -0.3 is 33.8 Å². The number of unbranched alkanes of at least 4 members (excludes halogenated alkanes) is 44. The van der Waals surface area contributed by atoms with Crippen molar-refractivity contribution in [2.24, 2.45) is 5.92 Å². The van der Waals surface area contributed by atoms with Crippen LogP contribution in [0.2, 0.25) is 0 Å². The summed E-state index contributed by atoms with van der Waals surface area (Å²) in [6.07, 6.45) is 53.1. The van der Waals surface area contributed by atoms with E-state index in [9.17, 15) is 43.2 Å². The van der Waals surface area contributed by atoms with Crippen LogP contribution in [0.4, 0.5) is 0 Å². The van der Waals surface area contributed by atoms with Gasteiger partial charge in [-0.3, -0.25) is 37.3 Å². The zero-order valence-electron chi connectivity index (χ0n) is 59.0. The van der Waals surface area contributed by atoms with Crippen LogP contribution in [0.1, 0.15) is 375 Å². The second-order valence-corrected chi connectivity index (χ2v) is 29.4. The van der Waals surface area contributed by atoms with Crippen molar-refractivity contribution in [3.8, 4) is 0 Å². The van der Waals surface area contributed by atoms with Crippen molar-refractivity contribution in [1.29, 1.82) is 0 Å². The van der Waals surface area contributed by atoms with Crippen molar-refractivity contribution < 1.29 is 80.2 Å². The first-order valence-corrected chi connectivity index (χ1v) is 40.6. The van der Waals surface area contributed by atoms with Crippen LogP contribution in [0.25, 0.3) is 0 Å². The number of phosphoric ester groups is 2. The summed E-state index contributed by atoms with van der Waals surface area (Å²) >= 11 is 0. The highest BCUT2D eigenvalue weighted by Crippen LogP contribution is 2.45. The number of carbonyl (C=O) groups excluding carboxylic acids is 4. The van der Waals surface area contributed by atoms with Gasteiger partial charge >= 0.3 is 39.5 Å². The minimum absolute atomic E-state index is 0.106. The molecule has 2 unspecified atom stereocenters. The van der Waals surface area contributed by atoms with Gasteiger partial charge in [0.05, 0.1) is 26.4 Å². The maximum Gasteiger partial charge on any atom is 0.472 e. The van der Waals surface area contributed by atoms with E-state index in [1.807, 2.05) is 0 Å². The SMILES string of the molecule is CCCCCCCCCCCCCCCCCCCCCCCCC(=O)O[C@H](COC(=O)CCCCCCCCCCCC(C)C)COP(=O)(O)OC[C@@H](O)COP(=O)(O)OC[C@@H](COC(=O)CCCCCCCCC)OC(=O)CCCCCCCCCCCC. The monoisotopic (exact) mass is 1340 g/mol. The zero-order valence-corrected chi connectivity index (χ0v) is 60.8. The minimum Gasteiger partial charge on any atom is -0.462 e. The summed E-state index contributed by atoms with van der Waals surface area (Å²) in [6.45, 7) is 7.18. The summed E-state index contributed by atoms with van der Waals surface area (Å²) in [4.78, 5) is 72.4. The fourth-order valence-corrected chi connectivity index (χ4v) is 12.6. The minimum atomic E-state index is -4.95. The smallest absolute Gasteiger partial charge is 0.462 e. The molecule has 0 aromatic heterocycles. The molecule has 17 nitrogen and oxygen atoms in total. The van der Waals surface area contributed by atoms with Crippen LogP contribution < -0.4 is 0 Å². The predicted octanol–water partition coefficient (Wildman–Crippen LogP) is 20.9. The summed E-state index contributed by atoms with van der Waals surface area (Å²) in [6, 6.07) is 0.